The predicted molar refractivity (Wildman–Crippen MR) is 107 cm³/mol. The van der Waals surface area contributed by atoms with Gasteiger partial charge in [0.15, 0.2) is 5.16 Å². The maximum atomic E-state index is 12.4. The SMILES string of the molecule is C[C@H](Sc1nnc(Cc2cccs2)n1C1CC1)C(=O)NCc1cccs1. The van der Waals surface area contributed by atoms with Crippen LogP contribution in [-0.4, -0.2) is 25.9 Å². The van der Waals surface area contributed by atoms with Gasteiger partial charge in [-0.2, -0.15) is 0 Å². The van der Waals surface area contributed by atoms with Crippen molar-refractivity contribution in [1.29, 1.82) is 0 Å². The van der Waals surface area contributed by atoms with Crippen molar-refractivity contribution in [2.75, 3.05) is 0 Å². The molecule has 3 heterocycles. The minimum Gasteiger partial charge on any atom is -0.350 e. The first-order chi connectivity index (χ1) is 12.7. The van der Waals surface area contributed by atoms with Gasteiger partial charge in [-0.3, -0.25) is 4.79 Å². The van der Waals surface area contributed by atoms with Crippen molar-refractivity contribution in [1.82, 2.24) is 20.1 Å². The number of hydrogen-bond acceptors (Lipinski definition) is 6. The molecule has 1 aliphatic rings. The first-order valence-corrected chi connectivity index (χ1v) is 11.3. The molecule has 0 aliphatic heterocycles. The van der Waals surface area contributed by atoms with Crippen LogP contribution >= 0.6 is 34.4 Å². The quantitative estimate of drug-likeness (QED) is 0.574. The van der Waals surface area contributed by atoms with Crippen molar-refractivity contribution in [3.63, 3.8) is 0 Å². The molecular weight excluding hydrogens is 384 g/mol. The van der Waals surface area contributed by atoms with Gasteiger partial charge in [0, 0.05) is 22.2 Å². The molecule has 0 unspecified atom stereocenters. The second-order valence-corrected chi connectivity index (χ2v) is 9.69. The van der Waals surface area contributed by atoms with Gasteiger partial charge in [-0.15, -0.1) is 32.9 Å². The standard InChI is InChI=1S/C18H20N4OS3/c1-12(17(23)19-11-15-5-3-9-25-15)26-18-21-20-16(22(18)13-6-7-13)10-14-4-2-8-24-14/h2-5,8-9,12-13H,6-7,10-11H2,1H3,(H,19,23)/t12-/m0/s1. The Balaban J connectivity index is 1.42. The van der Waals surface area contributed by atoms with Crippen LogP contribution in [0, 0.1) is 0 Å². The average molecular weight is 405 g/mol. The lowest BCUT2D eigenvalue weighted by Crippen LogP contribution is -2.30. The van der Waals surface area contributed by atoms with Crippen LogP contribution in [0.2, 0.25) is 0 Å². The Bertz CT molecular complexity index is 853. The van der Waals surface area contributed by atoms with Crippen molar-refractivity contribution in [2.45, 2.75) is 49.2 Å². The molecular formula is C18H20N4OS3. The molecule has 1 saturated carbocycles. The normalized spacial score (nSPS) is 15.1. The van der Waals surface area contributed by atoms with E-state index in [1.807, 2.05) is 24.4 Å². The summed E-state index contributed by atoms with van der Waals surface area (Å²) in [4.78, 5) is 14.9. The van der Waals surface area contributed by atoms with E-state index in [1.165, 1.54) is 29.5 Å². The molecule has 1 atom stereocenters. The molecule has 8 heteroatoms. The van der Waals surface area contributed by atoms with Gasteiger partial charge in [-0.05, 0) is 42.7 Å². The molecule has 1 aliphatic carbocycles. The van der Waals surface area contributed by atoms with Crippen molar-refractivity contribution in [3.8, 4) is 0 Å². The van der Waals surface area contributed by atoms with Crippen molar-refractivity contribution < 1.29 is 4.79 Å². The minimum atomic E-state index is -0.203. The summed E-state index contributed by atoms with van der Waals surface area (Å²) in [5.41, 5.74) is 0. The number of amides is 1. The molecule has 5 nitrogen and oxygen atoms in total. The molecule has 0 aromatic carbocycles. The molecule has 26 heavy (non-hydrogen) atoms. The summed E-state index contributed by atoms with van der Waals surface area (Å²) < 4.78 is 2.24. The zero-order chi connectivity index (χ0) is 17.9. The third-order valence-electron chi connectivity index (χ3n) is 4.23. The van der Waals surface area contributed by atoms with E-state index < -0.39 is 0 Å². The lowest BCUT2D eigenvalue weighted by atomic mass is 10.3. The Morgan fingerprint density at radius 1 is 1.27 bits per heavy atom. The number of nitrogens with one attached hydrogen (secondary N) is 1. The van der Waals surface area contributed by atoms with Gasteiger partial charge in [0.05, 0.1) is 11.8 Å². The van der Waals surface area contributed by atoms with Crippen molar-refractivity contribution in [2.24, 2.45) is 0 Å². The lowest BCUT2D eigenvalue weighted by Gasteiger charge is -2.13. The van der Waals surface area contributed by atoms with Crippen molar-refractivity contribution >= 4 is 40.3 Å². The number of rotatable bonds is 8. The molecule has 1 fully saturated rings. The fourth-order valence-corrected chi connectivity index (χ4v) is 5.03. The second-order valence-electron chi connectivity index (χ2n) is 6.31. The maximum Gasteiger partial charge on any atom is 0.233 e. The largest absolute Gasteiger partial charge is 0.350 e. The van der Waals surface area contributed by atoms with Crippen LogP contribution in [0.3, 0.4) is 0 Å². The zero-order valence-corrected chi connectivity index (χ0v) is 16.9. The summed E-state index contributed by atoms with van der Waals surface area (Å²) in [6, 6.07) is 8.71. The van der Waals surface area contributed by atoms with E-state index in [4.69, 9.17) is 0 Å². The number of thioether (sulfide) groups is 1. The van der Waals surface area contributed by atoms with Gasteiger partial charge in [-0.25, -0.2) is 0 Å². The number of thiophene rings is 2. The summed E-state index contributed by atoms with van der Waals surface area (Å²) >= 11 is 4.90. The number of aromatic nitrogens is 3. The lowest BCUT2D eigenvalue weighted by molar-refractivity contribution is -0.120. The van der Waals surface area contributed by atoms with Gasteiger partial charge in [0.25, 0.3) is 0 Å². The van der Waals surface area contributed by atoms with E-state index >= 15 is 0 Å². The number of carbonyl (C=O) groups excluding carboxylic acids is 1. The highest BCUT2D eigenvalue weighted by Gasteiger charge is 2.31. The zero-order valence-electron chi connectivity index (χ0n) is 14.4. The van der Waals surface area contributed by atoms with E-state index in [-0.39, 0.29) is 11.2 Å². The highest BCUT2D eigenvalue weighted by atomic mass is 32.2. The molecule has 0 bridgehead atoms. The van der Waals surface area contributed by atoms with E-state index in [0.717, 1.165) is 22.3 Å². The third kappa shape index (κ3) is 4.19. The molecule has 4 rings (SSSR count). The van der Waals surface area contributed by atoms with E-state index in [2.05, 4.69) is 37.6 Å². The Morgan fingerprint density at radius 2 is 2.00 bits per heavy atom. The number of nitrogens with zero attached hydrogens (tertiary/aromatic N) is 3. The molecule has 3 aromatic rings. The first kappa shape index (κ1) is 17.8. The summed E-state index contributed by atoms with van der Waals surface area (Å²) in [5.74, 6) is 1.04. The van der Waals surface area contributed by atoms with Crippen LogP contribution in [0.15, 0.2) is 40.2 Å². The smallest absolute Gasteiger partial charge is 0.233 e. The number of hydrogen-bond donors (Lipinski definition) is 1. The van der Waals surface area contributed by atoms with Gasteiger partial charge in [0.1, 0.15) is 5.82 Å². The average Bonchev–Trinajstić information content (AvgIpc) is 3.06. The summed E-state index contributed by atoms with van der Waals surface area (Å²) in [7, 11) is 0. The summed E-state index contributed by atoms with van der Waals surface area (Å²) in [5, 5.41) is 16.6. The molecule has 0 saturated heterocycles. The molecule has 136 valence electrons. The molecule has 3 aromatic heterocycles. The van der Waals surface area contributed by atoms with Gasteiger partial charge >= 0.3 is 0 Å². The monoisotopic (exact) mass is 404 g/mol. The van der Waals surface area contributed by atoms with Crippen LogP contribution in [0.1, 0.15) is 41.4 Å². The van der Waals surface area contributed by atoms with Crippen LogP contribution < -0.4 is 5.32 Å². The highest BCUT2D eigenvalue weighted by Crippen LogP contribution is 2.40. The van der Waals surface area contributed by atoms with Crippen molar-refractivity contribution in [3.05, 3.63) is 50.6 Å². The van der Waals surface area contributed by atoms with Gasteiger partial charge in [-0.1, -0.05) is 23.9 Å². The third-order valence-corrected chi connectivity index (χ3v) is 7.04. The van der Waals surface area contributed by atoms with Gasteiger partial charge in [0.2, 0.25) is 5.91 Å². The topological polar surface area (TPSA) is 59.8 Å². The fraction of sp³-hybridized carbons (Fsp3) is 0.389. The van der Waals surface area contributed by atoms with Crippen LogP contribution in [0.5, 0.6) is 0 Å². The van der Waals surface area contributed by atoms with E-state index in [9.17, 15) is 4.79 Å². The van der Waals surface area contributed by atoms with E-state index in [1.54, 1.807) is 22.7 Å². The maximum absolute atomic E-state index is 12.4. The van der Waals surface area contributed by atoms with Crippen LogP contribution in [-0.2, 0) is 17.8 Å². The Labute approximate surface area is 164 Å². The Kier molecular flexibility index (Phi) is 5.42. The molecule has 0 spiro atoms. The van der Waals surface area contributed by atoms with Crippen LogP contribution in [0.25, 0.3) is 0 Å². The Hall–Kier alpha value is -1.64. The first-order valence-electron chi connectivity index (χ1n) is 8.63. The Morgan fingerprint density at radius 3 is 2.65 bits per heavy atom. The molecule has 1 N–H and O–H groups in total. The van der Waals surface area contributed by atoms with E-state index in [0.29, 0.717) is 12.6 Å². The van der Waals surface area contributed by atoms with Crippen LogP contribution in [0.4, 0.5) is 0 Å². The van der Waals surface area contributed by atoms with Gasteiger partial charge < -0.3 is 9.88 Å². The highest BCUT2D eigenvalue weighted by molar-refractivity contribution is 8.00. The summed E-state index contributed by atoms with van der Waals surface area (Å²) in [6.07, 6.45) is 3.14. The predicted octanol–water partition coefficient (Wildman–Crippen LogP) is 4.12. The number of carbonyl (C=O) groups is 1. The molecule has 1 amide bonds. The molecule has 0 radical (unpaired) electrons. The fourth-order valence-electron chi connectivity index (χ4n) is 2.72. The minimum absolute atomic E-state index is 0.0357. The second kappa shape index (κ2) is 7.94. The summed E-state index contributed by atoms with van der Waals surface area (Å²) in [6.45, 7) is 2.51.